The number of hydrogen-bond donors (Lipinski definition) is 0. The first-order chi connectivity index (χ1) is 46.8. The Kier molecular flexibility index (Phi) is 64.8. The van der Waals surface area contributed by atoms with Crippen molar-refractivity contribution in [2.45, 2.75) is 39.7 Å². The first-order valence-electron chi connectivity index (χ1n) is 33.2. The normalized spacial score (nSPS) is 11.8. The molecule has 95 heavy (non-hydrogen) atoms. The molecule has 2 aromatic rings. The lowest BCUT2D eigenvalue weighted by atomic mass is 10.2. The number of benzene rings is 1. The van der Waals surface area contributed by atoms with Crippen LogP contribution in [0, 0.1) is 6.92 Å². The first-order valence-corrected chi connectivity index (χ1v) is 33.2. The predicted molar refractivity (Wildman–Crippen MR) is 343 cm³/mol. The maximum atomic E-state index is 11.6. The third-order valence-electron chi connectivity index (χ3n) is 11.6. The Morgan fingerprint density at radius 2 is 0.442 bits per heavy atom. The van der Waals surface area contributed by atoms with Crippen LogP contribution in [0.4, 0.5) is 0 Å². The molecule has 2 rings (SSSR count). The van der Waals surface area contributed by atoms with E-state index in [0.717, 1.165) is 11.3 Å². The summed E-state index contributed by atoms with van der Waals surface area (Å²) in [5, 5.41) is 15.9. The van der Waals surface area contributed by atoms with Crippen LogP contribution in [0.15, 0.2) is 24.3 Å². The van der Waals surface area contributed by atoms with Gasteiger partial charge in [0.05, 0.1) is 324 Å². The maximum Gasteiger partial charge on any atom is 0.308 e. The zero-order valence-electron chi connectivity index (χ0n) is 57.5. The molecule has 0 bridgehead atoms. The van der Waals surface area contributed by atoms with E-state index in [4.69, 9.17) is 123 Å². The van der Waals surface area contributed by atoms with Gasteiger partial charge in [-0.1, -0.05) is 0 Å². The van der Waals surface area contributed by atoms with Crippen LogP contribution in [0.1, 0.15) is 33.0 Å². The Balaban J connectivity index is 1.10. The highest BCUT2D eigenvalue weighted by Gasteiger charge is 2.16. The molecule has 0 spiro atoms. The Labute approximate surface area is 563 Å². The lowest BCUT2D eigenvalue weighted by Crippen LogP contribution is -2.24. The molecular formula is C64H116N4O27. The average molecular weight is 1370 g/mol. The number of carbonyl (C=O) groups is 1. The summed E-state index contributed by atoms with van der Waals surface area (Å²) in [5.41, 5.74) is 0.330. The summed E-state index contributed by atoms with van der Waals surface area (Å²) in [6.45, 7) is 30.3. The highest BCUT2D eigenvalue weighted by molar-refractivity contribution is 5.69. The van der Waals surface area contributed by atoms with E-state index in [-0.39, 0.29) is 12.4 Å². The molecule has 0 aliphatic heterocycles. The number of rotatable bonds is 77. The largest absolute Gasteiger partial charge is 0.491 e. The van der Waals surface area contributed by atoms with E-state index in [9.17, 15) is 4.79 Å². The molecule has 0 amide bonds. The Bertz CT molecular complexity index is 1870. The molecule has 0 atom stereocenters. The second-order valence-electron chi connectivity index (χ2n) is 20.7. The van der Waals surface area contributed by atoms with E-state index < -0.39 is 5.60 Å². The van der Waals surface area contributed by atoms with Gasteiger partial charge in [0, 0.05) is 5.56 Å². The van der Waals surface area contributed by atoms with Crippen molar-refractivity contribution < 1.29 is 128 Å². The van der Waals surface area contributed by atoms with E-state index >= 15 is 0 Å². The summed E-state index contributed by atoms with van der Waals surface area (Å²) in [6.07, 6.45) is 0.222. The van der Waals surface area contributed by atoms with Crippen molar-refractivity contribution in [2.24, 2.45) is 0 Å². The summed E-state index contributed by atoms with van der Waals surface area (Å²) >= 11 is 0. The number of esters is 1. The average Bonchev–Trinajstić information content (AvgIpc) is 0.989. The standard InChI is InChI=1S/C64H116N4O27/c1-59-65-67-63(68-66-59)60-5-7-61(8-6-60)94-58-57-93-56-55-92-54-53-91-52-51-90-50-49-89-48-47-88-46-45-87-44-43-86-42-41-85-40-39-84-38-37-83-36-35-82-34-33-81-32-31-80-30-29-79-28-27-78-26-25-77-24-23-76-22-21-75-20-19-74-18-17-73-16-15-72-14-13-71-12-11-70-10-9-62(69)95-64(2,3)4/h5-8H,9-58H2,1-4H3. The van der Waals surface area contributed by atoms with Crippen LogP contribution in [0.25, 0.3) is 11.4 Å². The van der Waals surface area contributed by atoms with Crippen LogP contribution in [-0.4, -0.2) is 356 Å². The minimum Gasteiger partial charge on any atom is -0.491 e. The van der Waals surface area contributed by atoms with E-state index in [0.29, 0.717) is 335 Å². The highest BCUT2D eigenvalue weighted by Crippen LogP contribution is 2.18. The molecule has 0 fully saturated rings. The number of aromatic nitrogens is 4. The van der Waals surface area contributed by atoms with Gasteiger partial charge >= 0.3 is 5.97 Å². The van der Waals surface area contributed by atoms with Crippen molar-refractivity contribution in [3.63, 3.8) is 0 Å². The number of ether oxygens (including phenoxy) is 26. The fourth-order valence-corrected chi connectivity index (χ4v) is 7.02. The molecule has 1 heterocycles. The number of nitrogens with zero attached hydrogens (tertiary/aromatic N) is 4. The van der Waals surface area contributed by atoms with Gasteiger partial charge in [-0.25, -0.2) is 0 Å². The lowest BCUT2D eigenvalue weighted by Gasteiger charge is -2.19. The molecule has 31 nitrogen and oxygen atoms in total. The van der Waals surface area contributed by atoms with Gasteiger partial charge in [0.15, 0.2) is 5.82 Å². The van der Waals surface area contributed by atoms with Crippen molar-refractivity contribution >= 4 is 5.97 Å². The van der Waals surface area contributed by atoms with Crippen molar-refractivity contribution in [3.05, 3.63) is 30.1 Å². The summed E-state index contributed by atoms with van der Waals surface area (Å²) in [6, 6.07) is 7.41. The number of carbonyl (C=O) groups excluding carboxylic acids is 1. The molecule has 0 radical (unpaired) electrons. The minimum absolute atomic E-state index is 0.222. The quantitative estimate of drug-likeness (QED) is 0.0679. The second-order valence-corrected chi connectivity index (χ2v) is 20.7. The molecule has 554 valence electrons. The van der Waals surface area contributed by atoms with E-state index in [2.05, 4.69) is 20.4 Å². The zero-order valence-corrected chi connectivity index (χ0v) is 57.5. The van der Waals surface area contributed by atoms with Gasteiger partial charge in [-0.15, -0.1) is 20.4 Å². The van der Waals surface area contributed by atoms with Crippen LogP contribution in [0.5, 0.6) is 5.75 Å². The van der Waals surface area contributed by atoms with Crippen LogP contribution in [0.3, 0.4) is 0 Å². The first kappa shape index (κ1) is 87.6. The Hall–Kier alpha value is -3.53. The van der Waals surface area contributed by atoms with Gasteiger partial charge in [0.25, 0.3) is 0 Å². The third-order valence-corrected chi connectivity index (χ3v) is 11.6. The highest BCUT2D eigenvalue weighted by atomic mass is 16.6. The van der Waals surface area contributed by atoms with Gasteiger partial charge < -0.3 is 123 Å². The van der Waals surface area contributed by atoms with Crippen molar-refractivity contribution in [1.29, 1.82) is 0 Å². The second kappa shape index (κ2) is 70.3. The fourth-order valence-electron chi connectivity index (χ4n) is 7.02. The van der Waals surface area contributed by atoms with Gasteiger partial charge in [0.2, 0.25) is 5.82 Å². The monoisotopic (exact) mass is 1370 g/mol. The van der Waals surface area contributed by atoms with Crippen LogP contribution < -0.4 is 4.74 Å². The molecule has 1 aromatic carbocycles. The zero-order chi connectivity index (χ0) is 67.8. The van der Waals surface area contributed by atoms with Crippen LogP contribution in [-0.2, 0) is 123 Å². The topological polar surface area (TPSA) is 309 Å². The van der Waals surface area contributed by atoms with E-state index in [1.54, 1.807) is 6.92 Å². The molecular weight excluding hydrogens is 1260 g/mol. The molecule has 0 N–H and O–H groups in total. The molecule has 0 unspecified atom stereocenters. The predicted octanol–water partition coefficient (Wildman–Crippen LogP) is 2.75. The summed E-state index contributed by atoms with van der Waals surface area (Å²) in [5.74, 6) is 1.45. The van der Waals surface area contributed by atoms with Gasteiger partial charge in [-0.2, -0.15) is 0 Å². The summed E-state index contributed by atoms with van der Waals surface area (Å²) in [7, 11) is 0. The molecule has 1 aromatic heterocycles. The third kappa shape index (κ3) is 66.1. The Morgan fingerprint density at radius 1 is 0.263 bits per heavy atom. The van der Waals surface area contributed by atoms with Crippen molar-refractivity contribution in [2.75, 3.05) is 324 Å². The molecule has 0 saturated heterocycles. The van der Waals surface area contributed by atoms with Gasteiger partial charge in [-0.3, -0.25) is 4.79 Å². The van der Waals surface area contributed by atoms with Crippen molar-refractivity contribution in [1.82, 2.24) is 20.4 Å². The minimum atomic E-state index is -0.485. The summed E-state index contributed by atoms with van der Waals surface area (Å²) in [4.78, 5) is 11.6. The smallest absolute Gasteiger partial charge is 0.308 e. The molecule has 0 aliphatic carbocycles. The summed E-state index contributed by atoms with van der Waals surface area (Å²) < 4.78 is 143. The van der Waals surface area contributed by atoms with Gasteiger partial charge in [-0.05, 0) is 52.0 Å². The van der Waals surface area contributed by atoms with Crippen LogP contribution in [0.2, 0.25) is 0 Å². The molecule has 0 aliphatic rings. The fraction of sp³-hybridized carbons (Fsp3) is 0.859. The molecule has 31 heteroatoms. The van der Waals surface area contributed by atoms with E-state index in [1.807, 2.05) is 45.0 Å². The number of aryl methyl sites for hydroxylation is 1. The SMILES string of the molecule is Cc1nnc(-c2ccc(OCCOCCOCCOCCOCCOCCOCCOCCOCCOCCOCCOCCOCCOCCOCCOCCOCCOCCOCCOCCOCCOCCOCCOCCOCCC(=O)OC(C)(C)C)cc2)nn1. The number of hydrogen-bond acceptors (Lipinski definition) is 31. The van der Waals surface area contributed by atoms with Gasteiger partial charge in [0.1, 0.15) is 18.0 Å². The maximum absolute atomic E-state index is 11.6. The lowest BCUT2D eigenvalue weighted by molar-refractivity contribution is -0.156. The Morgan fingerprint density at radius 3 is 0.632 bits per heavy atom. The van der Waals surface area contributed by atoms with E-state index in [1.165, 1.54) is 0 Å². The van der Waals surface area contributed by atoms with Crippen LogP contribution >= 0.6 is 0 Å². The molecule has 0 saturated carbocycles. The van der Waals surface area contributed by atoms with Crippen molar-refractivity contribution in [3.8, 4) is 17.1 Å².